The molecule has 2 rings (SSSR count). The fourth-order valence-corrected chi connectivity index (χ4v) is 2.89. The third-order valence-electron chi connectivity index (χ3n) is 5.29. The number of benzene rings is 1. The summed E-state index contributed by atoms with van der Waals surface area (Å²) in [4.78, 5) is 23.0. The number of aryl methyl sites for hydroxylation is 2. The first-order valence-corrected chi connectivity index (χ1v) is 9.20. The predicted molar refractivity (Wildman–Crippen MR) is 103 cm³/mol. The highest BCUT2D eigenvalue weighted by atomic mass is 16.7. The number of carbonyl (C=O) groups is 2. The van der Waals surface area contributed by atoms with E-state index in [0.29, 0.717) is 25.7 Å². The molecule has 1 aromatic carbocycles. The molecule has 0 N–H and O–H groups in total. The molecule has 0 aromatic heterocycles. The highest BCUT2D eigenvalue weighted by Crippen LogP contribution is 2.36. The zero-order chi connectivity index (χ0) is 20.2. The summed E-state index contributed by atoms with van der Waals surface area (Å²) in [5.74, 6) is -0.515. The summed E-state index contributed by atoms with van der Waals surface area (Å²) in [6.45, 7) is 8.02. The number of hydrogen-bond donors (Lipinski definition) is 0. The molecule has 1 aliphatic heterocycles. The van der Waals surface area contributed by atoms with E-state index in [2.05, 4.69) is 0 Å². The van der Waals surface area contributed by atoms with Crippen molar-refractivity contribution in [2.75, 3.05) is 14.2 Å². The van der Waals surface area contributed by atoms with Gasteiger partial charge in [-0.05, 0) is 57.1 Å². The third kappa shape index (κ3) is 5.33. The lowest BCUT2D eigenvalue weighted by Gasteiger charge is -2.32. The van der Waals surface area contributed by atoms with Gasteiger partial charge in [0.25, 0.3) is 0 Å². The highest BCUT2D eigenvalue weighted by Gasteiger charge is 2.51. The fraction of sp³-hybridized carbons (Fsp3) is 0.600. The van der Waals surface area contributed by atoms with Gasteiger partial charge in [0.1, 0.15) is 0 Å². The van der Waals surface area contributed by atoms with Gasteiger partial charge in [-0.15, -0.1) is 0 Å². The number of ether oxygens (including phenoxy) is 2. The number of rotatable bonds is 7. The summed E-state index contributed by atoms with van der Waals surface area (Å²) in [5, 5.41) is 0. The van der Waals surface area contributed by atoms with Gasteiger partial charge in [0.15, 0.2) is 0 Å². The molecule has 0 saturated carbocycles. The van der Waals surface area contributed by atoms with Crippen LogP contribution in [0.1, 0.15) is 51.7 Å². The first-order chi connectivity index (χ1) is 12.6. The van der Waals surface area contributed by atoms with Crippen molar-refractivity contribution >= 4 is 24.5 Å². The lowest BCUT2D eigenvalue weighted by molar-refractivity contribution is -0.141. The maximum atomic E-state index is 11.5. The van der Waals surface area contributed by atoms with Crippen molar-refractivity contribution in [3.8, 4) is 0 Å². The molecule has 148 valence electrons. The second-order valence-corrected chi connectivity index (χ2v) is 7.82. The van der Waals surface area contributed by atoms with Gasteiger partial charge in [0, 0.05) is 12.8 Å². The Kier molecular flexibility index (Phi) is 6.70. The molecule has 1 aromatic rings. The standard InChI is InChI=1S/C20H29BO6/c1-19(2)20(3,4)27-21(26-19)16-12-14(7-9-17(22)24-5)11-15(13-16)8-10-18(23)25-6/h11-13H,7-10H2,1-6H3. The van der Waals surface area contributed by atoms with Crippen LogP contribution in [0.2, 0.25) is 0 Å². The van der Waals surface area contributed by atoms with Gasteiger partial charge in [0.05, 0.1) is 25.4 Å². The number of carbonyl (C=O) groups excluding carboxylic acids is 2. The van der Waals surface area contributed by atoms with E-state index >= 15 is 0 Å². The van der Waals surface area contributed by atoms with Crippen LogP contribution in [0.5, 0.6) is 0 Å². The van der Waals surface area contributed by atoms with Crippen LogP contribution >= 0.6 is 0 Å². The SMILES string of the molecule is COC(=O)CCc1cc(CCC(=O)OC)cc(B2OC(C)(C)C(C)(C)O2)c1. The summed E-state index contributed by atoms with van der Waals surface area (Å²) >= 11 is 0. The van der Waals surface area contributed by atoms with Crippen molar-refractivity contribution < 1.29 is 28.4 Å². The summed E-state index contributed by atoms with van der Waals surface area (Å²) < 4.78 is 21.8. The van der Waals surface area contributed by atoms with Crippen molar-refractivity contribution in [3.05, 3.63) is 29.3 Å². The van der Waals surface area contributed by atoms with E-state index in [1.165, 1.54) is 14.2 Å². The minimum absolute atomic E-state index is 0.257. The molecule has 1 saturated heterocycles. The summed E-state index contributed by atoms with van der Waals surface area (Å²) in [7, 11) is 2.26. The molecule has 0 unspecified atom stereocenters. The van der Waals surface area contributed by atoms with Gasteiger partial charge in [-0.3, -0.25) is 9.59 Å². The van der Waals surface area contributed by atoms with E-state index in [-0.39, 0.29) is 11.9 Å². The lowest BCUT2D eigenvalue weighted by Crippen LogP contribution is -2.41. The normalized spacial score (nSPS) is 17.6. The molecule has 27 heavy (non-hydrogen) atoms. The van der Waals surface area contributed by atoms with Gasteiger partial charge in [-0.2, -0.15) is 0 Å². The minimum atomic E-state index is -0.495. The maximum Gasteiger partial charge on any atom is 0.494 e. The second kappa shape index (κ2) is 8.44. The molecule has 0 aliphatic carbocycles. The van der Waals surface area contributed by atoms with Crippen LogP contribution in [0, 0.1) is 0 Å². The maximum absolute atomic E-state index is 11.5. The van der Waals surface area contributed by atoms with Crippen molar-refractivity contribution in [1.29, 1.82) is 0 Å². The fourth-order valence-electron chi connectivity index (χ4n) is 2.89. The number of hydrogen-bond acceptors (Lipinski definition) is 6. The molecular weight excluding hydrogens is 347 g/mol. The Morgan fingerprint density at radius 3 is 1.63 bits per heavy atom. The number of esters is 2. The second-order valence-electron chi connectivity index (χ2n) is 7.82. The molecule has 0 amide bonds. The van der Waals surface area contributed by atoms with Crippen molar-refractivity contribution in [1.82, 2.24) is 0 Å². The largest absolute Gasteiger partial charge is 0.494 e. The zero-order valence-electron chi connectivity index (χ0n) is 17.1. The Morgan fingerprint density at radius 2 is 1.26 bits per heavy atom. The molecule has 1 fully saturated rings. The molecular formula is C20H29BO6. The lowest BCUT2D eigenvalue weighted by atomic mass is 9.77. The quantitative estimate of drug-likeness (QED) is 0.537. The minimum Gasteiger partial charge on any atom is -0.469 e. The Hall–Kier alpha value is -1.86. The van der Waals surface area contributed by atoms with E-state index in [9.17, 15) is 9.59 Å². The molecule has 0 bridgehead atoms. The van der Waals surface area contributed by atoms with Crippen molar-refractivity contribution in [2.45, 2.75) is 64.6 Å². The highest BCUT2D eigenvalue weighted by molar-refractivity contribution is 6.62. The molecule has 1 aliphatic rings. The molecule has 7 heteroatoms. The van der Waals surface area contributed by atoms with E-state index in [1.807, 2.05) is 45.9 Å². The smallest absolute Gasteiger partial charge is 0.469 e. The van der Waals surface area contributed by atoms with Crippen LogP contribution in [0.3, 0.4) is 0 Å². The van der Waals surface area contributed by atoms with Gasteiger partial charge < -0.3 is 18.8 Å². The molecule has 0 radical (unpaired) electrons. The van der Waals surface area contributed by atoms with Gasteiger partial charge >= 0.3 is 19.1 Å². The Bertz CT molecular complexity index is 643. The van der Waals surface area contributed by atoms with Crippen LogP contribution in [-0.4, -0.2) is 44.5 Å². The van der Waals surface area contributed by atoms with Crippen LogP contribution < -0.4 is 5.46 Å². The Morgan fingerprint density at radius 1 is 0.852 bits per heavy atom. The summed E-state index contributed by atoms with van der Waals surface area (Å²) in [6, 6.07) is 5.99. The first kappa shape index (κ1) is 21.4. The number of methoxy groups -OCH3 is 2. The first-order valence-electron chi connectivity index (χ1n) is 9.20. The van der Waals surface area contributed by atoms with Crippen LogP contribution in [0.4, 0.5) is 0 Å². The summed E-state index contributed by atoms with van der Waals surface area (Å²) in [6.07, 6.45) is 1.68. The average molecular weight is 376 g/mol. The molecule has 1 heterocycles. The van der Waals surface area contributed by atoms with E-state index in [4.69, 9.17) is 18.8 Å². The monoisotopic (exact) mass is 376 g/mol. The van der Waals surface area contributed by atoms with Gasteiger partial charge in [-0.1, -0.05) is 18.2 Å². The predicted octanol–water partition coefficient (Wildman–Crippen LogP) is 2.20. The van der Waals surface area contributed by atoms with E-state index in [0.717, 1.165) is 16.6 Å². The van der Waals surface area contributed by atoms with E-state index < -0.39 is 18.3 Å². The Labute approximate surface area is 161 Å². The molecule has 6 nitrogen and oxygen atoms in total. The molecule has 0 atom stereocenters. The van der Waals surface area contributed by atoms with Crippen LogP contribution in [0.25, 0.3) is 0 Å². The zero-order valence-corrected chi connectivity index (χ0v) is 17.1. The van der Waals surface area contributed by atoms with Gasteiger partial charge in [0.2, 0.25) is 0 Å². The van der Waals surface area contributed by atoms with Crippen LogP contribution in [-0.2, 0) is 41.2 Å². The van der Waals surface area contributed by atoms with Gasteiger partial charge in [-0.25, -0.2) is 0 Å². The van der Waals surface area contributed by atoms with Crippen molar-refractivity contribution in [2.24, 2.45) is 0 Å². The average Bonchev–Trinajstić information content (AvgIpc) is 2.85. The Balaban J connectivity index is 2.26. The summed E-state index contributed by atoms with van der Waals surface area (Å²) in [5.41, 5.74) is 1.97. The van der Waals surface area contributed by atoms with E-state index in [1.54, 1.807) is 0 Å². The topological polar surface area (TPSA) is 71.1 Å². The molecule has 0 spiro atoms. The van der Waals surface area contributed by atoms with Crippen molar-refractivity contribution in [3.63, 3.8) is 0 Å². The third-order valence-corrected chi connectivity index (χ3v) is 5.29. The van der Waals surface area contributed by atoms with Crippen LogP contribution in [0.15, 0.2) is 18.2 Å².